The van der Waals surface area contributed by atoms with Crippen LogP contribution in [0, 0.1) is 0 Å². The Morgan fingerprint density at radius 1 is 1.18 bits per heavy atom. The third kappa shape index (κ3) is 2.41. The van der Waals surface area contributed by atoms with E-state index in [1.165, 1.54) is 11.1 Å². The van der Waals surface area contributed by atoms with Crippen molar-refractivity contribution in [3.63, 3.8) is 0 Å². The number of carbonyl (C=O) groups excluding carboxylic acids is 1. The summed E-state index contributed by atoms with van der Waals surface area (Å²) in [5.41, 5.74) is 2.14. The molecule has 0 amide bonds. The lowest BCUT2D eigenvalue weighted by Gasteiger charge is -2.27. The van der Waals surface area contributed by atoms with E-state index in [2.05, 4.69) is 59.9 Å². The predicted octanol–water partition coefficient (Wildman–Crippen LogP) is 4.38. The summed E-state index contributed by atoms with van der Waals surface area (Å²) in [7, 11) is 0. The molecular formula is C13H13Br3O. The van der Waals surface area contributed by atoms with Crippen LogP contribution in [0.4, 0.5) is 0 Å². The van der Waals surface area contributed by atoms with Crippen LogP contribution < -0.4 is 0 Å². The van der Waals surface area contributed by atoms with Crippen LogP contribution in [-0.2, 0) is 16.6 Å². The van der Waals surface area contributed by atoms with Crippen molar-refractivity contribution in [1.29, 1.82) is 0 Å². The molecule has 4 heteroatoms. The van der Waals surface area contributed by atoms with Gasteiger partial charge in [0.1, 0.15) is 5.78 Å². The Morgan fingerprint density at radius 2 is 1.82 bits per heavy atom. The highest BCUT2D eigenvalue weighted by molar-refractivity contribution is 9.10. The molecule has 0 spiro atoms. The molecule has 0 heterocycles. The molecular weight excluding hydrogens is 412 g/mol. The number of hydrogen-bond acceptors (Lipinski definition) is 1. The molecule has 0 N–H and O–H groups in total. The molecule has 0 bridgehead atoms. The maximum absolute atomic E-state index is 12.4. The summed E-state index contributed by atoms with van der Waals surface area (Å²) in [5, 5.41) is 1.72. The van der Waals surface area contributed by atoms with Gasteiger partial charge in [-0.25, -0.2) is 0 Å². The van der Waals surface area contributed by atoms with E-state index in [4.69, 9.17) is 0 Å². The van der Waals surface area contributed by atoms with Crippen molar-refractivity contribution in [3.05, 3.63) is 33.8 Å². The minimum atomic E-state index is -0.275. The summed E-state index contributed by atoms with van der Waals surface area (Å²) in [6, 6.07) is 6.22. The normalized spacial score (nSPS) is 17.2. The fourth-order valence-electron chi connectivity index (χ4n) is 2.66. The van der Waals surface area contributed by atoms with Crippen LogP contribution >= 0.6 is 47.8 Å². The predicted molar refractivity (Wildman–Crippen MR) is 81.4 cm³/mol. The summed E-state index contributed by atoms with van der Waals surface area (Å²) >= 11 is 10.4. The lowest BCUT2D eigenvalue weighted by molar-refractivity contribution is -0.123. The van der Waals surface area contributed by atoms with E-state index >= 15 is 0 Å². The molecule has 1 aliphatic carbocycles. The Bertz CT molecular complexity index is 436. The van der Waals surface area contributed by atoms with Crippen LogP contribution in [0.1, 0.15) is 24.0 Å². The first-order valence-corrected chi connectivity index (χ1v) is 8.62. The van der Waals surface area contributed by atoms with Gasteiger partial charge in [-0.05, 0) is 36.1 Å². The number of carbonyl (C=O) groups is 1. The van der Waals surface area contributed by atoms with Crippen molar-refractivity contribution in [3.8, 4) is 0 Å². The van der Waals surface area contributed by atoms with E-state index in [0.717, 1.165) is 28.0 Å². The van der Waals surface area contributed by atoms with Crippen LogP contribution in [0.25, 0.3) is 0 Å². The zero-order valence-electron chi connectivity index (χ0n) is 9.31. The minimum absolute atomic E-state index is 0.275. The monoisotopic (exact) mass is 422 g/mol. The van der Waals surface area contributed by atoms with Gasteiger partial charge >= 0.3 is 0 Å². The van der Waals surface area contributed by atoms with E-state index in [-0.39, 0.29) is 5.41 Å². The number of benzene rings is 1. The molecule has 0 saturated carbocycles. The fourth-order valence-corrected chi connectivity index (χ4v) is 4.43. The second-order valence-electron chi connectivity index (χ2n) is 4.36. The maximum Gasteiger partial charge on any atom is 0.147 e. The molecule has 92 valence electrons. The van der Waals surface area contributed by atoms with Crippen LogP contribution in [0.15, 0.2) is 22.7 Å². The van der Waals surface area contributed by atoms with Crippen molar-refractivity contribution >= 4 is 53.6 Å². The molecule has 1 aromatic carbocycles. The highest BCUT2D eigenvalue weighted by Crippen LogP contribution is 2.43. The fraction of sp³-hybridized carbons (Fsp3) is 0.462. The van der Waals surface area contributed by atoms with Crippen molar-refractivity contribution in [2.75, 3.05) is 10.7 Å². The molecule has 0 unspecified atom stereocenters. The van der Waals surface area contributed by atoms with Gasteiger partial charge in [0.05, 0.1) is 5.41 Å². The van der Waals surface area contributed by atoms with Gasteiger partial charge in [0.2, 0.25) is 0 Å². The first-order chi connectivity index (χ1) is 8.14. The average molecular weight is 425 g/mol. The Labute approximate surface area is 127 Å². The number of halogens is 3. The number of Topliss-reactive ketones (excluding diaryl/α,β-unsaturated/α-hetero) is 1. The van der Waals surface area contributed by atoms with Crippen molar-refractivity contribution < 1.29 is 4.79 Å². The topological polar surface area (TPSA) is 17.1 Å². The number of alkyl halides is 2. The number of ketones is 1. The van der Waals surface area contributed by atoms with Crippen molar-refractivity contribution in [2.45, 2.75) is 24.7 Å². The van der Waals surface area contributed by atoms with E-state index in [1.807, 2.05) is 6.07 Å². The van der Waals surface area contributed by atoms with Gasteiger partial charge in [-0.1, -0.05) is 53.9 Å². The van der Waals surface area contributed by atoms with Crippen LogP contribution in [0.5, 0.6) is 0 Å². The smallest absolute Gasteiger partial charge is 0.147 e. The SMILES string of the molecule is O=C1Cc2cc(Br)ccc2C1(CCBr)CCBr. The molecule has 1 aromatic rings. The Balaban J connectivity index is 2.50. The summed E-state index contributed by atoms with van der Waals surface area (Å²) < 4.78 is 1.05. The van der Waals surface area contributed by atoms with Crippen LogP contribution in [-0.4, -0.2) is 16.4 Å². The van der Waals surface area contributed by atoms with Gasteiger partial charge in [0, 0.05) is 21.6 Å². The van der Waals surface area contributed by atoms with Gasteiger partial charge in [-0.3, -0.25) is 4.79 Å². The van der Waals surface area contributed by atoms with Crippen LogP contribution in [0.2, 0.25) is 0 Å². The molecule has 0 saturated heterocycles. The van der Waals surface area contributed by atoms with Gasteiger partial charge in [0.15, 0.2) is 0 Å². The van der Waals surface area contributed by atoms with Gasteiger partial charge in [-0.2, -0.15) is 0 Å². The summed E-state index contributed by atoms with van der Waals surface area (Å²) in [4.78, 5) is 12.4. The van der Waals surface area contributed by atoms with Gasteiger partial charge in [-0.15, -0.1) is 0 Å². The van der Waals surface area contributed by atoms with Crippen LogP contribution in [0.3, 0.4) is 0 Å². The second kappa shape index (κ2) is 5.54. The molecule has 0 aromatic heterocycles. The minimum Gasteiger partial charge on any atom is -0.298 e. The van der Waals surface area contributed by atoms with E-state index in [9.17, 15) is 4.79 Å². The summed E-state index contributed by atoms with van der Waals surface area (Å²) in [6.45, 7) is 0. The lowest BCUT2D eigenvalue weighted by Crippen LogP contribution is -2.33. The summed E-state index contributed by atoms with van der Waals surface area (Å²) in [5.74, 6) is 0.365. The molecule has 0 radical (unpaired) electrons. The molecule has 2 rings (SSSR count). The van der Waals surface area contributed by atoms with Crippen molar-refractivity contribution in [1.82, 2.24) is 0 Å². The van der Waals surface area contributed by atoms with Crippen molar-refractivity contribution in [2.24, 2.45) is 0 Å². The molecule has 0 fully saturated rings. The molecule has 1 nitrogen and oxygen atoms in total. The first-order valence-electron chi connectivity index (χ1n) is 5.58. The lowest BCUT2D eigenvalue weighted by atomic mass is 9.76. The molecule has 17 heavy (non-hydrogen) atoms. The summed E-state index contributed by atoms with van der Waals surface area (Å²) in [6.07, 6.45) is 2.34. The first kappa shape index (κ1) is 13.8. The Kier molecular flexibility index (Phi) is 4.48. The zero-order valence-corrected chi connectivity index (χ0v) is 14.1. The zero-order chi connectivity index (χ0) is 12.5. The standard InChI is InChI=1S/C13H13Br3O/c14-5-3-13(4-6-15)11-2-1-10(16)7-9(11)8-12(13)17/h1-2,7H,3-6,8H2. The Hall–Kier alpha value is 0.330. The average Bonchev–Trinajstić information content (AvgIpc) is 2.53. The van der Waals surface area contributed by atoms with Gasteiger partial charge in [0.25, 0.3) is 0 Å². The second-order valence-corrected chi connectivity index (χ2v) is 6.86. The quantitative estimate of drug-likeness (QED) is 0.655. The molecule has 0 aliphatic heterocycles. The highest BCUT2D eigenvalue weighted by Gasteiger charge is 2.44. The number of hydrogen-bond donors (Lipinski definition) is 0. The van der Waals surface area contributed by atoms with E-state index < -0.39 is 0 Å². The largest absolute Gasteiger partial charge is 0.298 e. The maximum atomic E-state index is 12.4. The third-order valence-corrected chi connectivity index (χ3v) is 4.80. The number of fused-ring (bicyclic) bond motifs is 1. The van der Waals surface area contributed by atoms with E-state index in [0.29, 0.717) is 12.2 Å². The van der Waals surface area contributed by atoms with E-state index in [1.54, 1.807) is 0 Å². The third-order valence-electron chi connectivity index (χ3n) is 3.51. The Morgan fingerprint density at radius 3 is 2.41 bits per heavy atom. The highest BCUT2D eigenvalue weighted by atomic mass is 79.9. The molecule has 0 atom stereocenters. The van der Waals surface area contributed by atoms with Gasteiger partial charge < -0.3 is 0 Å². The number of rotatable bonds is 4. The molecule has 1 aliphatic rings.